The van der Waals surface area contributed by atoms with Crippen LogP contribution < -0.4 is 5.32 Å². The standard InChI is InChI=1S/C13H18N4OS/c18-6-5-17-12-3-1-2-11(10(12)8-16-17)15-9-13-14-4-7-19-13/h4,7-8,11,15,18H,1-3,5-6,9H2. The van der Waals surface area contributed by atoms with Crippen LogP contribution in [0, 0.1) is 0 Å². The normalized spacial score (nSPS) is 18.5. The molecule has 2 aromatic heterocycles. The second-order valence-electron chi connectivity index (χ2n) is 4.74. The minimum atomic E-state index is 0.144. The topological polar surface area (TPSA) is 63.0 Å². The summed E-state index contributed by atoms with van der Waals surface area (Å²) >= 11 is 1.68. The summed E-state index contributed by atoms with van der Waals surface area (Å²) < 4.78 is 1.94. The number of thiazole rings is 1. The lowest BCUT2D eigenvalue weighted by Gasteiger charge is -2.24. The zero-order valence-corrected chi connectivity index (χ0v) is 11.6. The van der Waals surface area contributed by atoms with E-state index in [9.17, 15) is 0 Å². The van der Waals surface area contributed by atoms with E-state index in [2.05, 4.69) is 15.4 Å². The van der Waals surface area contributed by atoms with E-state index in [0.717, 1.165) is 24.4 Å². The highest BCUT2D eigenvalue weighted by molar-refractivity contribution is 7.09. The van der Waals surface area contributed by atoms with E-state index in [1.807, 2.05) is 22.5 Å². The Kier molecular flexibility index (Phi) is 3.91. The fourth-order valence-corrected chi connectivity index (χ4v) is 3.24. The van der Waals surface area contributed by atoms with Crippen molar-refractivity contribution in [3.8, 4) is 0 Å². The first-order chi connectivity index (χ1) is 9.38. The summed E-state index contributed by atoms with van der Waals surface area (Å²) in [5.41, 5.74) is 2.56. The van der Waals surface area contributed by atoms with Crippen molar-refractivity contribution in [1.82, 2.24) is 20.1 Å². The maximum absolute atomic E-state index is 9.05. The summed E-state index contributed by atoms with van der Waals surface area (Å²) in [4.78, 5) is 4.29. The van der Waals surface area contributed by atoms with Gasteiger partial charge in [-0.15, -0.1) is 11.3 Å². The van der Waals surface area contributed by atoms with Gasteiger partial charge in [-0.05, 0) is 19.3 Å². The molecule has 0 saturated carbocycles. The Morgan fingerprint density at radius 2 is 2.47 bits per heavy atom. The highest BCUT2D eigenvalue weighted by Gasteiger charge is 2.23. The van der Waals surface area contributed by atoms with Crippen molar-refractivity contribution in [2.45, 2.75) is 38.4 Å². The molecule has 2 aromatic rings. The summed E-state index contributed by atoms with van der Waals surface area (Å²) in [5, 5.41) is 20.1. The summed E-state index contributed by atoms with van der Waals surface area (Å²) in [6.45, 7) is 1.55. The van der Waals surface area contributed by atoms with Gasteiger partial charge in [-0.1, -0.05) is 0 Å². The van der Waals surface area contributed by atoms with Crippen LogP contribution in [-0.2, 0) is 19.5 Å². The minimum Gasteiger partial charge on any atom is -0.394 e. The quantitative estimate of drug-likeness (QED) is 0.870. The van der Waals surface area contributed by atoms with Crippen molar-refractivity contribution in [3.63, 3.8) is 0 Å². The number of aliphatic hydroxyl groups is 1. The molecule has 0 saturated heterocycles. The Hall–Kier alpha value is -1.24. The second kappa shape index (κ2) is 5.81. The van der Waals surface area contributed by atoms with Crippen LogP contribution in [0.25, 0.3) is 0 Å². The Morgan fingerprint density at radius 1 is 1.53 bits per heavy atom. The van der Waals surface area contributed by atoms with Gasteiger partial charge in [0.05, 0.1) is 19.3 Å². The van der Waals surface area contributed by atoms with Gasteiger partial charge in [0.15, 0.2) is 0 Å². The zero-order valence-electron chi connectivity index (χ0n) is 10.7. The molecule has 1 aliphatic rings. The van der Waals surface area contributed by atoms with Crippen LogP contribution in [0.1, 0.15) is 35.1 Å². The number of nitrogens with one attached hydrogen (secondary N) is 1. The number of aromatic nitrogens is 3. The second-order valence-corrected chi connectivity index (χ2v) is 5.72. The van der Waals surface area contributed by atoms with Crippen molar-refractivity contribution in [2.24, 2.45) is 0 Å². The molecule has 0 radical (unpaired) electrons. The molecule has 1 unspecified atom stereocenters. The van der Waals surface area contributed by atoms with Crippen molar-refractivity contribution in [2.75, 3.05) is 6.61 Å². The van der Waals surface area contributed by atoms with Gasteiger partial charge < -0.3 is 10.4 Å². The lowest BCUT2D eigenvalue weighted by atomic mass is 9.93. The highest BCUT2D eigenvalue weighted by Crippen LogP contribution is 2.29. The molecule has 0 spiro atoms. The number of fused-ring (bicyclic) bond motifs is 1. The number of aliphatic hydroxyl groups excluding tert-OH is 1. The fraction of sp³-hybridized carbons (Fsp3) is 0.538. The number of nitrogens with zero attached hydrogens (tertiary/aromatic N) is 3. The predicted octanol–water partition coefficient (Wildman–Crippen LogP) is 1.50. The van der Waals surface area contributed by atoms with Crippen LogP contribution in [-0.4, -0.2) is 26.5 Å². The van der Waals surface area contributed by atoms with Crippen LogP contribution in [0.15, 0.2) is 17.8 Å². The summed E-state index contributed by atoms with van der Waals surface area (Å²) in [6.07, 6.45) is 7.16. The molecule has 19 heavy (non-hydrogen) atoms. The van der Waals surface area contributed by atoms with E-state index in [-0.39, 0.29) is 6.61 Å². The maximum Gasteiger partial charge on any atom is 0.106 e. The van der Waals surface area contributed by atoms with Gasteiger partial charge >= 0.3 is 0 Å². The van der Waals surface area contributed by atoms with Crippen LogP contribution >= 0.6 is 11.3 Å². The molecule has 0 amide bonds. The molecule has 102 valence electrons. The average molecular weight is 278 g/mol. The Balaban J connectivity index is 1.71. The summed E-state index contributed by atoms with van der Waals surface area (Å²) in [7, 11) is 0. The van der Waals surface area contributed by atoms with Gasteiger partial charge in [0.2, 0.25) is 0 Å². The van der Waals surface area contributed by atoms with Gasteiger partial charge in [-0.25, -0.2) is 4.98 Å². The van der Waals surface area contributed by atoms with Crippen LogP contribution in [0.2, 0.25) is 0 Å². The maximum atomic E-state index is 9.05. The van der Waals surface area contributed by atoms with E-state index in [0.29, 0.717) is 12.6 Å². The third kappa shape index (κ3) is 2.70. The molecule has 6 heteroatoms. The number of hydrogen-bond donors (Lipinski definition) is 2. The lowest BCUT2D eigenvalue weighted by molar-refractivity contribution is 0.266. The molecular formula is C13H18N4OS. The molecule has 2 N–H and O–H groups in total. The highest BCUT2D eigenvalue weighted by atomic mass is 32.1. The van der Waals surface area contributed by atoms with E-state index in [1.54, 1.807) is 11.3 Å². The van der Waals surface area contributed by atoms with Gasteiger partial charge in [0, 0.05) is 35.4 Å². The summed E-state index contributed by atoms with van der Waals surface area (Å²) in [6, 6.07) is 0.361. The Labute approximate surface area is 116 Å². The molecule has 0 bridgehead atoms. The number of hydrogen-bond acceptors (Lipinski definition) is 5. The first kappa shape index (κ1) is 12.8. The zero-order chi connectivity index (χ0) is 13.1. The number of rotatable bonds is 5. The fourth-order valence-electron chi connectivity index (χ4n) is 2.67. The largest absolute Gasteiger partial charge is 0.394 e. The van der Waals surface area contributed by atoms with Gasteiger partial charge in [-0.2, -0.15) is 5.10 Å². The van der Waals surface area contributed by atoms with E-state index in [1.165, 1.54) is 17.7 Å². The van der Waals surface area contributed by atoms with Crippen molar-refractivity contribution >= 4 is 11.3 Å². The van der Waals surface area contributed by atoms with Crippen LogP contribution in [0.3, 0.4) is 0 Å². The van der Waals surface area contributed by atoms with Crippen LogP contribution in [0.4, 0.5) is 0 Å². The third-order valence-electron chi connectivity index (χ3n) is 3.56. The minimum absolute atomic E-state index is 0.144. The molecule has 0 aromatic carbocycles. The van der Waals surface area contributed by atoms with Gasteiger partial charge in [0.25, 0.3) is 0 Å². The molecule has 0 aliphatic heterocycles. The molecule has 0 fully saturated rings. The van der Waals surface area contributed by atoms with Gasteiger partial charge in [-0.3, -0.25) is 4.68 Å². The van der Waals surface area contributed by atoms with E-state index >= 15 is 0 Å². The van der Waals surface area contributed by atoms with Crippen LogP contribution in [0.5, 0.6) is 0 Å². The molecule has 1 aliphatic carbocycles. The monoisotopic (exact) mass is 278 g/mol. The van der Waals surface area contributed by atoms with Crippen molar-refractivity contribution in [3.05, 3.63) is 34.0 Å². The molecule has 1 atom stereocenters. The van der Waals surface area contributed by atoms with E-state index in [4.69, 9.17) is 5.11 Å². The average Bonchev–Trinajstić information content (AvgIpc) is 3.07. The lowest BCUT2D eigenvalue weighted by Crippen LogP contribution is -2.25. The SMILES string of the molecule is OCCn1ncc2c1CCCC2NCc1nccs1. The third-order valence-corrected chi connectivity index (χ3v) is 4.34. The Morgan fingerprint density at radius 3 is 3.26 bits per heavy atom. The summed E-state index contributed by atoms with van der Waals surface area (Å²) in [5.74, 6) is 0. The molecule has 2 heterocycles. The predicted molar refractivity (Wildman–Crippen MR) is 73.9 cm³/mol. The smallest absolute Gasteiger partial charge is 0.106 e. The first-order valence-electron chi connectivity index (χ1n) is 6.65. The Bertz CT molecular complexity index is 523. The van der Waals surface area contributed by atoms with Gasteiger partial charge in [0.1, 0.15) is 5.01 Å². The van der Waals surface area contributed by atoms with Crippen molar-refractivity contribution in [1.29, 1.82) is 0 Å². The molecule has 3 rings (SSSR count). The molecule has 5 nitrogen and oxygen atoms in total. The van der Waals surface area contributed by atoms with Crippen molar-refractivity contribution < 1.29 is 5.11 Å². The molecular weight excluding hydrogens is 260 g/mol. The van der Waals surface area contributed by atoms with E-state index < -0.39 is 0 Å². The first-order valence-corrected chi connectivity index (χ1v) is 7.53.